The summed E-state index contributed by atoms with van der Waals surface area (Å²) in [7, 11) is 0. The summed E-state index contributed by atoms with van der Waals surface area (Å²) in [6.07, 6.45) is 5.70. The first kappa shape index (κ1) is 18.2. The van der Waals surface area contributed by atoms with Crippen LogP contribution in [-0.4, -0.2) is 27.6 Å². The molecule has 0 aromatic carbocycles. The van der Waals surface area contributed by atoms with Gasteiger partial charge in [0.1, 0.15) is 18.1 Å². The van der Waals surface area contributed by atoms with Crippen LogP contribution >= 0.6 is 0 Å². The number of ether oxygens (including phenoxy) is 1. The number of nitrogens with one attached hydrogen (secondary N) is 1. The van der Waals surface area contributed by atoms with Gasteiger partial charge in [0.05, 0.1) is 11.1 Å². The molecule has 1 N–H and O–H groups in total. The zero-order valence-corrected chi connectivity index (χ0v) is 15.9. The molecule has 28 heavy (non-hydrogen) atoms. The largest absolute Gasteiger partial charge is 0.473 e. The molecule has 0 unspecified atom stereocenters. The van der Waals surface area contributed by atoms with Gasteiger partial charge < -0.3 is 14.6 Å². The molecule has 0 bridgehead atoms. The fraction of sp³-hybridized carbons (Fsp3) is 0.333. The minimum atomic E-state index is -0.102. The second-order valence-corrected chi connectivity index (χ2v) is 7.08. The Morgan fingerprint density at radius 2 is 2.04 bits per heavy atom. The van der Waals surface area contributed by atoms with Crippen LogP contribution in [0.25, 0.3) is 11.3 Å². The molecule has 3 aromatic heterocycles. The second kappa shape index (κ2) is 7.80. The molecule has 1 aliphatic rings. The highest BCUT2D eigenvalue weighted by atomic mass is 16.5. The van der Waals surface area contributed by atoms with Crippen LogP contribution in [-0.2, 0) is 6.61 Å². The Morgan fingerprint density at radius 3 is 2.71 bits per heavy atom. The SMILES string of the molecule is Cc1ccc(-c2noc(C)c2COc2ccc(C(=O)NCC3CC3)cn2)cn1. The van der Waals surface area contributed by atoms with Gasteiger partial charge in [0, 0.05) is 36.3 Å². The number of amides is 1. The monoisotopic (exact) mass is 378 g/mol. The van der Waals surface area contributed by atoms with Crippen molar-refractivity contribution >= 4 is 5.91 Å². The van der Waals surface area contributed by atoms with Crippen LogP contribution in [0.2, 0.25) is 0 Å². The molecule has 1 fully saturated rings. The maximum Gasteiger partial charge on any atom is 0.252 e. The molecule has 1 amide bonds. The fourth-order valence-electron chi connectivity index (χ4n) is 2.80. The highest BCUT2D eigenvalue weighted by molar-refractivity contribution is 5.93. The van der Waals surface area contributed by atoms with Crippen molar-refractivity contribution in [1.82, 2.24) is 20.4 Å². The molecule has 0 saturated heterocycles. The first-order valence-corrected chi connectivity index (χ1v) is 9.35. The van der Waals surface area contributed by atoms with Crippen LogP contribution in [0.5, 0.6) is 5.88 Å². The smallest absolute Gasteiger partial charge is 0.252 e. The normalized spacial score (nSPS) is 13.4. The molecule has 0 spiro atoms. The number of carbonyl (C=O) groups is 1. The van der Waals surface area contributed by atoms with Gasteiger partial charge in [-0.25, -0.2) is 4.98 Å². The quantitative estimate of drug-likeness (QED) is 0.677. The van der Waals surface area contributed by atoms with E-state index in [9.17, 15) is 4.79 Å². The Balaban J connectivity index is 1.41. The molecule has 7 nitrogen and oxygen atoms in total. The summed E-state index contributed by atoms with van der Waals surface area (Å²) in [5, 5.41) is 7.06. The molecule has 3 heterocycles. The minimum absolute atomic E-state index is 0.102. The van der Waals surface area contributed by atoms with E-state index < -0.39 is 0 Å². The molecule has 3 aromatic rings. The van der Waals surface area contributed by atoms with Crippen molar-refractivity contribution in [2.75, 3.05) is 6.54 Å². The van der Waals surface area contributed by atoms with E-state index in [2.05, 4.69) is 20.4 Å². The number of hydrogen-bond acceptors (Lipinski definition) is 6. The Hall–Kier alpha value is -3.22. The summed E-state index contributed by atoms with van der Waals surface area (Å²) in [5.41, 5.74) is 3.89. The third-order valence-electron chi connectivity index (χ3n) is 4.78. The van der Waals surface area contributed by atoms with Gasteiger partial charge in [-0.15, -0.1) is 0 Å². The molecule has 0 aliphatic heterocycles. The average Bonchev–Trinajstić information content (AvgIpc) is 3.47. The van der Waals surface area contributed by atoms with Gasteiger partial charge in [-0.05, 0) is 50.8 Å². The second-order valence-electron chi connectivity index (χ2n) is 7.08. The van der Waals surface area contributed by atoms with Gasteiger partial charge in [-0.2, -0.15) is 0 Å². The highest BCUT2D eigenvalue weighted by Gasteiger charge is 2.22. The fourth-order valence-corrected chi connectivity index (χ4v) is 2.80. The number of rotatable bonds is 7. The lowest BCUT2D eigenvalue weighted by molar-refractivity contribution is 0.0951. The van der Waals surface area contributed by atoms with E-state index in [1.165, 1.54) is 19.0 Å². The predicted molar refractivity (Wildman–Crippen MR) is 103 cm³/mol. The van der Waals surface area contributed by atoms with Crippen molar-refractivity contribution < 1.29 is 14.1 Å². The minimum Gasteiger partial charge on any atom is -0.473 e. The number of aryl methyl sites for hydroxylation is 2. The summed E-state index contributed by atoms with van der Waals surface area (Å²) in [6.45, 7) is 4.78. The molecule has 1 saturated carbocycles. The summed E-state index contributed by atoms with van der Waals surface area (Å²) in [6, 6.07) is 7.30. The number of aromatic nitrogens is 3. The topological polar surface area (TPSA) is 90.1 Å². The van der Waals surface area contributed by atoms with E-state index in [4.69, 9.17) is 9.26 Å². The van der Waals surface area contributed by atoms with Crippen molar-refractivity contribution in [3.8, 4) is 17.1 Å². The number of pyridine rings is 2. The molecule has 4 rings (SSSR count). The van der Waals surface area contributed by atoms with Crippen LogP contribution in [0.4, 0.5) is 0 Å². The van der Waals surface area contributed by atoms with Crippen molar-refractivity contribution in [2.45, 2.75) is 33.3 Å². The van der Waals surface area contributed by atoms with Crippen LogP contribution in [0.15, 0.2) is 41.2 Å². The van der Waals surface area contributed by atoms with Crippen molar-refractivity contribution in [1.29, 1.82) is 0 Å². The summed E-state index contributed by atoms with van der Waals surface area (Å²) >= 11 is 0. The zero-order valence-electron chi connectivity index (χ0n) is 15.9. The molecular weight excluding hydrogens is 356 g/mol. The van der Waals surface area contributed by atoms with Crippen LogP contribution in [0.1, 0.15) is 40.2 Å². The Bertz CT molecular complexity index is 960. The maximum atomic E-state index is 12.1. The van der Waals surface area contributed by atoms with Gasteiger partial charge in [0.2, 0.25) is 5.88 Å². The van der Waals surface area contributed by atoms with E-state index in [0.29, 0.717) is 28.8 Å². The molecule has 144 valence electrons. The van der Waals surface area contributed by atoms with Crippen molar-refractivity contribution in [2.24, 2.45) is 5.92 Å². The van der Waals surface area contributed by atoms with Gasteiger partial charge >= 0.3 is 0 Å². The van der Waals surface area contributed by atoms with Crippen LogP contribution < -0.4 is 10.1 Å². The molecular formula is C21H22N4O3. The number of hydrogen-bond donors (Lipinski definition) is 1. The predicted octanol–water partition coefficient (Wildman–Crippen LogP) is 3.47. The lowest BCUT2D eigenvalue weighted by Gasteiger charge is -2.07. The molecule has 7 heteroatoms. The molecule has 1 aliphatic carbocycles. The van der Waals surface area contributed by atoms with Crippen LogP contribution in [0.3, 0.4) is 0 Å². The highest BCUT2D eigenvalue weighted by Crippen LogP contribution is 2.28. The van der Waals surface area contributed by atoms with Gasteiger partial charge in [0.15, 0.2) is 0 Å². The number of carbonyl (C=O) groups excluding carboxylic acids is 1. The Labute approximate surface area is 163 Å². The van der Waals surface area contributed by atoms with E-state index in [1.807, 2.05) is 26.0 Å². The first-order chi connectivity index (χ1) is 13.6. The lowest BCUT2D eigenvalue weighted by Crippen LogP contribution is -2.25. The van der Waals surface area contributed by atoms with E-state index in [0.717, 1.165) is 23.4 Å². The van der Waals surface area contributed by atoms with E-state index >= 15 is 0 Å². The Morgan fingerprint density at radius 1 is 1.18 bits per heavy atom. The zero-order chi connectivity index (χ0) is 19.5. The third kappa shape index (κ3) is 4.19. The van der Waals surface area contributed by atoms with Crippen molar-refractivity contribution in [3.63, 3.8) is 0 Å². The Kier molecular flexibility index (Phi) is 5.06. The summed E-state index contributed by atoms with van der Waals surface area (Å²) in [4.78, 5) is 20.6. The van der Waals surface area contributed by atoms with Gasteiger partial charge in [0.25, 0.3) is 5.91 Å². The first-order valence-electron chi connectivity index (χ1n) is 9.35. The standard InChI is InChI=1S/C21H22N4O3/c1-13-3-6-16(10-22-13)20-18(14(2)28-25-20)12-27-19-8-7-17(11-23-19)21(26)24-9-15-4-5-15/h3,6-8,10-11,15H,4-5,9,12H2,1-2H3,(H,24,26). The summed E-state index contributed by atoms with van der Waals surface area (Å²) in [5.74, 6) is 1.67. The van der Waals surface area contributed by atoms with E-state index in [-0.39, 0.29) is 12.5 Å². The third-order valence-corrected chi connectivity index (χ3v) is 4.78. The van der Waals surface area contributed by atoms with Crippen molar-refractivity contribution in [3.05, 3.63) is 59.2 Å². The van der Waals surface area contributed by atoms with E-state index in [1.54, 1.807) is 18.3 Å². The van der Waals surface area contributed by atoms with Crippen LogP contribution in [0, 0.1) is 19.8 Å². The average molecular weight is 378 g/mol. The lowest BCUT2D eigenvalue weighted by atomic mass is 10.1. The summed E-state index contributed by atoms with van der Waals surface area (Å²) < 4.78 is 11.1. The number of nitrogens with zero attached hydrogens (tertiary/aromatic N) is 3. The maximum absolute atomic E-state index is 12.1. The molecule has 0 radical (unpaired) electrons. The van der Waals surface area contributed by atoms with Gasteiger partial charge in [-0.3, -0.25) is 9.78 Å². The molecule has 0 atom stereocenters. The van der Waals surface area contributed by atoms with Gasteiger partial charge in [-0.1, -0.05) is 5.16 Å².